The predicted molar refractivity (Wildman–Crippen MR) is 30.1 cm³/mol. The third-order valence-corrected chi connectivity index (χ3v) is 0.864. The highest BCUT2D eigenvalue weighted by molar-refractivity contribution is 4.47. The lowest BCUT2D eigenvalue weighted by atomic mass is 10.4. The SMILES string of the molecule is [O-][NH+](O)OC[C@H](CO)O[NH+]([O-])O. The van der Waals surface area contributed by atoms with Gasteiger partial charge in [-0.3, -0.25) is 0 Å². The largest absolute Gasteiger partial charge is 0.566 e. The summed E-state index contributed by atoms with van der Waals surface area (Å²) in [7, 11) is 0. The fraction of sp³-hybridized carbons (Fsp3) is 1.00. The Hall–Kier alpha value is -0.360. The summed E-state index contributed by atoms with van der Waals surface area (Å²) in [6, 6.07) is 0. The summed E-state index contributed by atoms with van der Waals surface area (Å²) in [6.07, 6.45) is -1.17. The van der Waals surface area contributed by atoms with E-state index in [4.69, 9.17) is 15.5 Å². The molecule has 9 nitrogen and oxygen atoms in total. The highest BCUT2D eigenvalue weighted by Crippen LogP contribution is 1.83. The zero-order valence-electron chi connectivity index (χ0n) is 5.97. The van der Waals surface area contributed by atoms with Gasteiger partial charge in [-0.1, -0.05) is 10.8 Å². The monoisotopic (exact) mass is 186 g/mol. The van der Waals surface area contributed by atoms with Crippen molar-refractivity contribution in [3.05, 3.63) is 10.4 Å². The van der Waals surface area contributed by atoms with Gasteiger partial charge in [-0.15, -0.1) is 0 Å². The number of aliphatic hydroxyl groups excluding tert-OH is 1. The highest BCUT2D eigenvalue weighted by Gasteiger charge is 2.14. The Bertz CT molecular complexity index is 109. The van der Waals surface area contributed by atoms with Gasteiger partial charge >= 0.3 is 0 Å². The van der Waals surface area contributed by atoms with Crippen molar-refractivity contribution in [1.29, 1.82) is 0 Å². The van der Waals surface area contributed by atoms with E-state index in [0.717, 1.165) is 0 Å². The molecule has 12 heavy (non-hydrogen) atoms. The van der Waals surface area contributed by atoms with Gasteiger partial charge in [0.15, 0.2) is 6.10 Å². The van der Waals surface area contributed by atoms with Crippen LogP contribution >= 0.6 is 0 Å². The average Bonchev–Trinajstić information content (AvgIpc) is 1.97. The Balaban J connectivity index is 3.53. The fourth-order valence-corrected chi connectivity index (χ4v) is 0.431. The minimum absolute atomic E-state index is 0.516. The summed E-state index contributed by atoms with van der Waals surface area (Å²) >= 11 is 0. The predicted octanol–water partition coefficient (Wildman–Crippen LogP) is -4.25. The molecule has 0 aromatic heterocycles. The molecule has 3 atom stereocenters. The molecule has 9 heteroatoms. The van der Waals surface area contributed by atoms with Crippen LogP contribution in [0.5, 0.6) is 0 Å². The van der Waals surface area contributed by atoms with Crippen LogP contribution < -0.4 is 10.8 Å². The zero-order chi connectivity index (χ0) is 9.56. The van der Waals surface area contributed by atoms with Crippen molar-refractivity contribution in [3.8, 4) is 0 Å². The van der Waals surface area contributed by atoms with Gasteiger partial charge in [0, 0.05) is 0 Å². The van der Waals surface area contributed by atoms with Crippen LogP contribution in [-0.4, -0.2) is 34.8 Å². The Morgan fingerprint density at radius 1 is 1.25 bits per heavy atom. The van der Waals surface area contributed by atoms with Gasteiger partial charge in [-0.25, -0.2) is 0 Å². The first-order valence-electron chi connectivity index (χ1n) is 2.92. The van der Waals surface area contributed by atoms with E-state index in [1.807, 2.05) is 0 Å². The number of aliphatic hydroxyl groups is 1. The number of rotatable bonds is 6. The van der Waals surface area contributed by atoms with E-state index in [2.05, 4.69) is 9.68 Å². The van der Waals surface area contributed by atoms with Crippen LogP contribution in [-0.2, 0) is 9.68 Å². The molecule has 0 aromatic carbocycles. The van der Waals surface area contributed by atoms with Gasteiger partial charge in [0.05, 0.1) is 6.61 Å². The minimum Gasteiger partial charge on any atom is -0.566 e. The molecule has 0 spiro atoms. The lowest BCUT2D eigenvalue weighted by Crippen LogP contribution is -3.06. The normalized spacial score (nSPS) is 18.8. The van der Waals surface area contributed by atoms with Crippen LogP contribution in [0.25, 0.3) is 0 Å². The molecular formula is C3H10N2O7. The maximum absolute atomic E-state index is 9.88. The molecule has 0 rings (SSSR count). The van der Waals surface area contributed by atoms with E-state index < -0.39 is 30.1 Å². The van der Waals surface area contributed by atoms with Gasteiger partial charge in [0.1, 0.15) is 6.61 Å². The minimum atomic E-state index is -1.59. The summed E-state index contributed by atoms with van der Waals surface area (Å²) in [5, 5.41) is 41.0. The van der Waals surface area contributed by atoms with Crippen LogP contribution in [0, 0.1) is 10.4 Å². The van der Waals surface area contributed by atoms with Crippen LogP contribution in [0.3, 0.4) is 0 Å². The molecule has 0 saturated carbocycles. The fourth-order valence-electron chi connectivity index (χ4n) is 0.431. The van der Waals surface area contributed by atoms with Crippen molar-refractivity contribution >= 4 is 0 Å². The van der Waals surface area contributed by atoms with Crippen LogP contribution in [0.2, 0.25) is 0 Å². The number of hydrogen-bond donors (Lipinski definition) is 5. The maximum Gasteiger partial charge on any atom is 0.173 e. The summed E-state index contributed by atoms with van der Waals surface area (Å²) in [6.45, 7) is -1.14. The van der Waals surface area contributed by atoms with Crippen LogP contribution in [0.4, 0.5) is 0 Å². The van der Waals surface area contributed by atoms with Crippen molar-refractivity contribution in [3.63, 3.8) is 0 Å². The molecule has 0 fully saturated rings. The molecule has 0 aliphatic heterocycles. The van der Waals surface area contributed by atoms with Gasteiger partial charge in [-0.2, -0.15) is 20.1 Å². The lowest BCUT2D eigenvalue weighted by Gasteiger charge is -2.18. The second-order valence-corrected chi connectivity index (χ2v) is 1.77. The molecule has 0 saturated heterocycles. The lowest BCUT2D eigenvalue weighted by molar-refractivity contribution is -1.22. The Morgan fingerprint density at radius 2 is 1.83 bits per heavy atom. The maximum atomic E-state index is 9.88. The molecule has 0 aliphatic rings. The molecule has 2 unspecified atom stereocenters. The topological polar surface area (TPSA) is 134 Å². The first-order valence-corrected chi connectivity index (χ1v) is 2.92. The molecule has 0 radical (unpaired) electrons. The average molecular weight is 186 g/mol. The highest BCUT2D eigenvalue weighted by atomic mass is 17.1. The first kappa shape index (κ1) is 11.6. The van der Waals surface area contributed by atoms with Crippen LogP contribution in [0.15, 0.2) is 0 Å². The summed E-state index contributed by atoms with van der Waals surface area (Å²) in [4.78, 5) is 7.99. The number of nitrogens with one attached hydrogen (secondary N) is 2. The summed E-state index contributed by atoms with van der Waals surface area (Å²) < 4.78 is 0. The van der Waals surface area contributed by atoms with Gasteiger partial charge in [-0.05, 0) is 0 Å². The Kier molecular flexibility index (Phi) is 6.00. The zero-order valence-corrected chi connectivity index (χ0v) is 5.97. The molecule has 5 N–H and O–H groups in total. The second-order valence-electron chi connectivity index (χ2n) is 1.77. The quantitative estimate of drug-likeness (QED) is 0.265. The first-order chi connectivity index (χ1) is 5.56. The van der Waals surface area contributed by atoms with Crippen LogP contribution in [0.1, 0.15) is 0 Å². The third-order valence-electron chi connectivity index (χ3n) is 0.864. The Morgan fingerprint density at radius 3 is 2.17 bits per heavy atom. The van der Waals surface area contributed by atoms with E-state index in [9.17, 15) is 10.4 Å². The summed E-state index contributed by atoms with van der Waals surface area (Å²) in [5.74, 6) is 0. The molecule has 0 heterocycles. The van der Waals surface area contributed by atoms with Crippen molar-refractivity contribution < 1.29 is 36.0 Å². The smallest absolute Gasteiger partial charge is 0.173 e. The number of quaternary nitrogens is 2. The van der Waals surface area contributed by atoms with E-state index in [1.54, 1.807) is 0 Å². The van der Waals surface area contributed by atoms with Gasteiger partial charge < -0.3 is 15.5 Å². The van der Waals surface area contributed by atoms with Gasteiger partial charge in [0.25, 0.3) is 0 Å². The molecule has 0 bridgehead atoms. The van der Waals surface area contributed by atoms with Crippen molar-refractivity contribution in [1.82, 2.24) is 0 Å². The molecular weight excluding hydrogens is 176 g/mol. The van der Waals surface area contributed by atoms with E-state index >= 15 is 0 Å². The summed E-state index contributed by atoms with van der Waals surface area (Å²) in [5.41, 5.74) is 0. The van der Waals surface area contributed by atoms with E-state index in [0.29, 0.717) is 0 Å². The second kappa shape index (κ2) is 6.19. The Labute approximate surface area is 66.9 Å². The molecule has 0 aliphatic carbocycles. The number of hydrogen-bond acceptors (Lipinski definition) is 7. The van der Waals surface area contributed by atoms with E-state index in [-0.39, 0.29) is 0 Å². The third kappa shape index (κ3) is 6.36. The van der Waals surface area contributed by atoms with Gasteiger partial charge in [0.2, 0.25) is 0 Å². The van der Waals surface area contributed by atoms with Crippen molar-refractivity contribution in [2.45, 2.75) is 6.10 Å². The van der Waals surface area contributed by atoms with Crippen molar-refractivity contribution in [2.75, 3.05) is 13.2 Å². The van der Waals surface area contributed by atoms with Crippen molar-refractivity contribution in [2.24, 2.45) is 0 Å². The molecule has 0 amide bonds. The standard InChI is InChI=1S/C3H10N2O7/c6-1-3(12-5(9)10)2-11-4(7)8/h3-7,9H,1-2H2/t3-/m0/s1. The van der Waals surface area contributed by atoms with E-state index in [1.165, 1.54) is 0 Å². The molecule has 74 valence electrons. The molecule has 0 aromatic rings.